The Hall–Kier alpha value is -1.56. The highest BCUT2D eigenvalue weighted by atomic mass is 14.3. The first kappa shape index (κ1) is 11.9. The van der Waals surface area contributed by atoms with Crippen molar-refractivity contribution < 1.29 is 0 Å². The van der Waals surface area contributed by atoms with Crippen molar-refractivity contribution in [1.29, 1.82) is 0 Å². The minimum absolute atomic E-state index is 0.0188. The number of benzene rings is 2. The largest absolute Gasteiger partial charge is 0.0993 e. The topological polar surface area (TPSA) is 0 Å². The van der Waals surface area contributed by atoms with E-state index in [2.05, 4.69) is 70.7 Å². The molecule has 0 heteroatoms. The first-order valence-corrected chi connectivity index (χ1v) is 6.09. The molecule has 0 aromatic heterocycles. The lowest BCUT2D eigenvalue weighted by Crippen LogP contribution is -2.20. The van der Waals surface area contributed by atoms with E-state index >= 15 is 0 Å². The van der Waals surface area contributed by atoms with Gasteiger partial charge in [0.25, 0.3) is 0 Å². The summed E-state index contributed by atoms with van der Waals surface area (Å²) in [5.41, 5.74) is 3.97. The van der Waals surface area contributed by atoms with Crippen LogP contribution in [0.25, 0.3) is 10.8 Å². The fourth-order valence-corrected chi connectivity index (χ4v) is 2.42. The highest BCUT2D eigenvalue weighted by Gasteiger charge is 2.25. The van der Waals surface area contributed by atoms with E-state index in [1.54, 1.807) is 0 Å². The minimum atomic E-state index is 0.0188. The third kappa shape index (κ3) is 1.88. The van der Waals surface area contributed by atoms with E-state index in [9.17, 15) is 0 Å². The number of fused-ring (bicyclic) bond motifs is 1. The van der Waals surface area contributed by atoms with Gasteiger partial charge in [0.05, 0.1) is 0 Å². The van der Waals surface area contributed by atoms with E-state index in [-0.39, 0.29) is 5.41 Å². The van der Waals surface area contributed by atoms with Crippen molar-refractivity contribution in [1.82, 2.24) is 0 Å². The highest BCUT2D eigenvalue weighted by molar-refractivity contribution is 5.88. The molecule has 0 aliphatic rings. The normalized spacial score (nSPS) is 11.8. The molecule has 0 spiro atoms. The molecule has 0 fully saturated rings. The van der Waals surface area contributed by atoms with Gasteiger partial charge < -0.3 is 0 Å². The van der Waals surface area contributed by atoms with Crippen LogP contribution < -0.4 is 0 Å². The van der Waals surface area contributed by atoms with Gasteiger partial charge in [-0.2, -0.15) is 0 Å². The molecule has 2 aromatic rings. The monoisotopic (exact) mass is 224 g/mol. The molecular formula is C17H20. The molecule has 0 saturated heterocycles. The van der Waals surface area contributed by atoms with Gasteiger partial charge in [-0.15, -0.1) is 0 Å². The Morgan fingerprint density at radius 2 is 1.71 bits per heavy atom. The van der Waals surface area contributed by atoms with Gasteiger partial charge in [-0.25, -0.2) is 0 Å². The van der Waals surface area contributed by atoms with Gasteiger partial charge >= 0.3 is 0 Å². The predicted molar refractivity (Wildman–Crippen MR) is 76.5 cm³/mol. The molecule has 0 bridgehead atoms. The van der Waals surface area contributed by atoms with E-state index in [4.69, 9.17) is 0 Å². The van der Waals surface area contributed by atoms with E-state index in [0.717, 1.165) is 0 Å². The molecule has 0 heterocycles. The van der Waals surface area contributed by atoms with E-state index in [1.165, 1.54) is 27.5 Å². The summed E-state index contributed by atoms with van der Waals surface area (Å²) < 4.78 is 0. The van der Waals surface area contributed by atoms with E-state index in [1.807, 2.05) is 0 Å². The van der Waals surface area contributed by atoms with Crippen LogP contribution in [0, 0.1) is 6.92 Å². The zero-order valence-corrected chi connectivity index (χ0v) is 11.2. The van der Waals surface area contributed by atoms with Crippen molar-refractivity contribution in [3.63, 3.8) is 0 Å². The first-order chi connectivity index (χ1) is 7.94. The third-order valence-electron chi connectivity index (χ3n) is 3.83. The number of hydrogen-bond donors (Lipinski definition) is 0. The van der Waals surface area contributed by atoms with Crippen molar-refractivity contribution in [2.24, 2.45) is 0 Å². The minimum Gasteiger partial charge on any atom is -0.0993 e. The van der Waals surface area contributed by atoms with E-state index < -0.39 is 0 Å². The van der Waals surface area contributed by atoms with E-state index in [0.29, 0.717) is 0 Å². The molecule has 0 unspecified atom stereocenters. The molecule has 0 radical (unpaired) electrons. The molecule has 0 amide bonds. The fraction of sp³-hybridized carbons (Fsp3) is 0.294. The van der Waals surface area contributed by atoms with Crippen LogP contribution in [0.2, 0.25) is 0 Å². The van der Waals surface area contributed by atoms with Gasteiger partial charge in [0.15, 0.2) is 0 Å². The standard InChI is InChI=1S/C17H20/c1-12(2)17(4,5)16-13(3)10-11-14-8-6-7-9-15(14)16/h6-11H,1H2,2-5H3. The smallest absolute Gasteiger partial charge is 0.0108 e. The van der Waals surface area contributed by atoms with Crippen molar-refractivity contribution >= 4 is 10.8 Å². The maximum absolute atomic E-state index is 4.15. The first-order valence-electron chi connectivity index (χ1n) is 6.09. The Morgan fingerprint density at radius 1 is 1.06 bits per heavy atom. The Kier molecular flexibility index (Phi) is 2.82. The van der Waals surface area contributed by atoms with Crippen LogP contribution in [-0.2, 0) is 5.41 Å². The molecule has 2 rings (SSSR count). The number of rotatable bonds is 2. The summed E-state index contributed by atoms with van der Waals surface area (Å²) in [6, 6.07) is 13.0. The molecule has 88 valence electrons. The second-order valence-electron chi connectivity index (χ2n) is 5.38. The van der Waals surface area contributed by atoms with Gasteiger partial charge in [0.2, 0.25) is 0 Å². The summed E-state index contributed by atoms with van der Waals surface area (Å²) in [6.45, 7) is 13.0. The molecule has 0 nitrogen and oxygen atoms in total. The van der Waals surface area contributed by atoms with Gasteiger partial charge in [-0.1, -0.05) is 62.4 Å². The lowest BCUT2D eigenvalue weighted by atomic mass is 9.75. The summed E-state index contributed by atoms with van der Waals surface area (Å²) >= 11 is 0. The molecule has 0 N–H and O–H groups in total. The molecule has 17 heavy (non-hydrogen) atoms. The summed E-state index contributed by atoms with van der Waals surface area (Å²) in [5.74, 6) is 0. The van der Waals surface area contributed by atoms with Crippen molar-refractivity contribution in [3.05, 3.63) is 59.7 Å². The molecule has 0 aliphatic carbocycles. The lowest BCUT2D eigenvalue weighted by molar-refractivity contribution is 0.628. The van der Waals surface area contributed by atoms with Gasteiger partial charge in [-0.3, -0.25) is 0 Å². The molecule has 0 atom stereocenters. The molecule has 0 aliphatic heterocycles. The highest BCUT2D eigenvalue weighted by Crippen LogP contribution is 2.37. The van der Waals surface area contributed by atoms with Crippen LogP contribution in [0.15, 0.2) is 48.6 Å². The summed E-state index contributed by atoms with van der Waals surface area (Å²) in [7, 11) is 0. The third-order valence-corrected chi connectivity index (χ3v) is 3.83. The maximum atomic E-state index is 4.15. The zero-order chi connectivity index (χ0) is 12.6. The lowest BCUT2D eigenvalue weighted by Gasteiger charge is -2.29. The quantitative estimate of drug-likeness (QED) is 0.629. The van der Waals surface area contributed by atoms with Crippen molar-refractivity contribution in [3.8, 4) is 0 Å². The van der Waals surface area contributed by atoms with Crippen LogP contribution in [0.5, 0.6) is 0 Å². The average molecular weight is 224 g/mol. The van der Waals surface area contributed by atoms with Crippen LogP contribution in [0.3, 0.4) is 0 Å². The Morgan fingerprint density at radius 3 is 2.35 bits per heavy atom. The second kappa shape index (κ2) is 4.03. The summed E-state index contributed by atoms with van der Waals surface area (Å²) in [5, 5.41) is 2.66. The molecule has 0 saturated carbocycles. The number of allylic oxidation sites excluding steroid dienone is 1. The van der Waals surface area contributed by atoms with Gasteiger partial charge in [0, 0.05) is 5.41 Å². The zero-order valence-electron chi connectivity index (χ0n) is 11.2. The fourth-order valence-electron chi connectivity index (χ4n) is 2.42. The van der Waals surface area contributed by atoms with Crippen molar-refractivity contribution in [2.75, 3.05) is 0 Å². The summed E-state index contributed by atoms with van der Waals surface area (Å²) in [6.07, 6.45) is 0. The van der Waals surface area contributed by atoms with Crippen LogP contribution in [0.4, 0.5) is 0 Å². The second-order valence-corrected chi connectivity index (χ2v) is 5.38. The molecule has 2 aromatic carbocycles. The maximum Gasteiger partial charge on any atom is 0.0108 e. The van der Waals surface area contributed by atoms with Crippen molar-refractivity contribution in [2.45, 2.75) is 33.1 Å². The average Bonchev–Trinajstić information content (AvgIpc) is 2.28. The Labute approximate surface area is 104 Å². The van der Waals surface area contributed by atoms with Crippen LogP contribution in [0.1, 0.15) is 31.9 Å². The Bertz CT molecular complexity index is 574. The van der Waals surface area contributed by atoms with Crippen LogP contribution in [-0.4, -0.2) is 0 Å². The van der Waals surface area contributed by atoms with Gasteiger partial charge in [-0.05, 0) is 35.7 Å². The predicted octanol–water partition coefficient (Wildman–Crippen LogP) is 5.00. The summed E-state index contributed by atoms with van der Waals surface area (Å²) in [4.78, 5) is 0. The Balaban J connectivity index is 2.84. The number of aryl methyl sites for hydroxylation is 1. The molecular weight excluding hydrogens is 204 g/mol. The SMILES string of the molecule is C=C(C)C(C)(C)c1c(C)ccc2ccccc12. The van der Waals surface area contributed by atoms with Crippen LogP contribution >= 0.6 is 0 Å². The number of hydrogen-bond acceptors (Lipinski definition) is 0. The van der Waals surface area contributed by atoms with Gasteiger partial charge in [0.1, 0.15) is 0 Å².